The molecule has 2 aromatic rings. The summed E-state index contributed by atoms with van der Waals surface area (Å²) in [5.74, 6) is -2.44. The molecule has 20 heavy (non-hydrogen) atoms. The number of nitro benzene ring substituents is 1. The highest BCUT2D eigenvalue weighted by Crippen LogP contribution is 2.16. The Hall–Kier alpha value is -2.83. The van der Waals surface area contributed by atoms with Gasteiger partial charge >= 0.3 is 0 Å². The molecule has 0 aliphatic rings. The van der Waals surface area contributed by atoms with E-state index in [0.717, 1.165) is 12.1 Å². The van der Waals surface area contributed by atoms with Crippen LogP contribution < -0.4 is 5.32 Å². The fourth-order valence-electron chi connectivity index (χ4n) is 1.55. The molecule has 2 rings (SSSR count). The number of hydrogen-bond acceptors (Lipinski definition) is 3. The first-order chi connectivity index (χ1) is 9.45. The second-order valence-corrected chi connectivity index (χ2v) is 3.92. The number of rotatable bonds is 3. The molecule has 102 valence electrons. The van der Waals surface area contributed by atoms with E-state index in [1.54, 1.807) is 0 Å². The summed E-state index contributed by atoms with van der Waals surface area (Å²) in [4.78, 5) is 21.6. The molecule has 0 spiro atoms. The fraction of sp³-hybridized carbons (Fsp3) is 0. The number of hydrogen-bond donors (Lipinski definition) is 1. The third-order valence-corrected chi connectivity index (χ3v) is 2.46. The standard InChI is InChI=1S/C13H8F2N2O3/c14-9-5-8(6-10(15)7-9)13(18)16-11-1-3-12(4-2-11)17(19)20/h1-7H,(H,16,18). The second kappa shape index (κ2) is 5.43. The van der Waals surface area contributed by atoms with E-state index in [1.165, 1.54) is 24.3 Å². The summed E-state index contributed by atoms with van der Waals surface area (Å²) in [7, 11) is 0. The molecule has 1 N–H and O–H groups in total. The number of nitrogens with zero attached hydrogens (tertiary/aromatic N) is 1. The first-order valence-corrected chi connectivity index (χ1v) is 5.47. The van der Waals surface area contributed by atoms with Gasteiger partial charge in [0, 0.05) is 29.4 Å². The third-order valence-electron chi connectivity index (χ3n) is 2.46. The molecule has 2 aromatic carbocycles. The number of benzene rings is 2. The molecule has 0 aliphatic heterocycles. The monoisotopic (exact) mass is 278 g/mol. The molecule has 0 radical (unpaired) electrons. The Morgan fingerprint density at radius 3 is 2.10 bits per heavy atom. The molecule has 7 heteroatoms. The summed E-state index contributed by atoms with van der Waals surface area (Å²) in [5, 5.41) is 12.8. The Morgan fingerprint density at radius 1 is 1.05 bits per heavy atom. The van der Waals surface area contributed by atoms with Crippen molar-refractivity contribution >= 4 is 17.3 Å². The average Bonchev–Trinajstić information content (AvgIpc) is 2.38. The van der Waals surface area contributed by atoms with Gasteiger partial charge in [0.1, 0.15) is 11.6 Å². The lowest BCUT2D eigenvalue weighted by Crippen LogP contribution is -2.12. The largest absolute Gasteiger partial charge is 0.322 e. The lowest BCUT2D eigenvalue weighted by Gasteiger charge is -2.05. The maximum Gasteiger partial charge on any atom is 0.269 e. The number of carbonyl (C=O) groups excluding carboxylic acids is 1. The SMILES string of the molecule is O=C(Nc1ccc([N+](=O)[O-])cc1)c1cc(F)cc(F)c1. The van der Waals surface area contributed by atoms with E-state index >= 15 is 0 Å². The number of halogens is 2. The van der Waals surface area contributed by atoms with Gasteiger partial charge in [0.2, 0.25) is 0 Å². The lowest BCUT2D eigenvalue weighted by atomic mass is 10.2. The number of nitro groups is 1. The molecule has 0 aromatic heterocycles. The summed E-state index contributed by atoms with van der Waals surface area (Å²) in [5.41, 5.74) is -0.0223. The van der Waals surface area contributed by atoms with Gasteiger partial charge in [0.25, 0.3) is 11.6 Å². The minimum Gasteiger partial charge on any atom is -0.322 e. The van der Waals surface area contributed by atoms with Crippen LogP contribution in [0, 0.1) is 21.7 Å². The number of carbonyl (C=O) groups is 1. The number of anilines is 1. The molecule has 5 nitrogen and oxygen atoms in total. The van der Waals surface area contributed by atoms with Gasteiger partial charge in [-0.25, -0.2) is 8.78 Å². The van der Waals surface area contributed by atoms with Crippen molar-refractivity contribution in [1.82, 2.24) is 0 Å². The van der Waals surface area contributed by atoms with Gasteiger partial charge in [-0.05, 0) is 24.3 Å². The highest BCUT2D eigenvalue weighted by Gasteiger charge is 2.10. The van der Waals surface area contributed by atoms with Crippen molar-refractivity contribution in [3.63, 3.8) is 0 Å². The van der Waals surface area contributed by atoms with Crippen LogP contribution in [0.1, 0.15) is 10.4 Å². The van der Waals surface area contributed by atoms with E-state index in [0.29, 0.717) is 6.07 Å². The number of amides is 1. The molecule has 0 saturated heterocycles. The van der Waals surface area contributed by atoms with Crippen LogP contribution in [-0.4, -0.2) is 10.8 Å². The van der Waals surface area contributed by atoms with Gasteiger partial charge in [0.05, 0.1) is 4.92 Å². The Bertz CT molecular complexity index is 652. The Kier molecular flexibility index (Phi) is 3.69. The van der Waals surface area contributed by atoms with Crippen molar-refractivity contribution in [3.05, 3.63) is 69.8 Å². The molecular formula is C13H8F2N2O3. The summed E-state index contributed by atoms with van der Waals surface area (Å²) < 4.78 is 25.9. The maximum absolute atomic E-state index is 13.0. The van der Waals surface area contributed by atoms with Crippen molar-refractivity contribution in [3.8, 4) is 0 Å². The summed E-state index contributed by atoms with van der Waals surface area (Å²) in [6, 6.07) is 7.51. The van der Waals surface area contributed by atoms with Crippen LogP contribution in [0.4, 0.5) is 20.2 Å². The quantitative estimate of drug-likeness (QED) is 0.692. The predicted octanol–water partition coefficient (Wildman–Crippen LogP) is 3.13. The van der Waals surface area contributed by atoms with Crippen LogP contribution in [0.3, 0.4) is 0 Å². The molecule has 0 atom stereocenters. The van der Waals surface area contributed by atoms with Crippen LogP contribution in [0.15, 0.2) is 42.5 Å². The maximum atomic E-state index is 13.0. The van der Waals surface area contributed by atoms with Crippen molar-refractivity contribution in [2.75, 3.05) is 5.32 Å². The number of nitrogens with one attached hydrogen (secondary N) is 1. The Morgan fingerprint density at radius 2 is 1.60 bits per heavy atom. The predicted molar refractivity (Wildman–Crippen MR) is 67.4 cm³/mol. The van der Waals surface area contributed by atoms with Crippen molar-refractivity contribution < 1.29 is 18.5 Å². The van der Waals surface area contributed by atoms with Crippen molar-refractivity contribution in [2.45, 2.75) is 0 Å². The summed E-state index contributed by atoms with van der Waals surface area (Å²) >= 11 is 0. The Balaban J connectivity index is 2.16. The zero-order valence-electron chi connectivity index (χ0n) is 9.97. The molecule has 0 aliphatic carbocycles. The molecular weight excluding hydrogens is 270 g/mol. The summed E-state index contributed by atoms with van der Waals surface area (Å²) in [6.07, 6.45) is 0. The lowest BCUT2D eigenvalue weighted by molar-refractivity contribution is -0.384. The number of non-ortho nitro benzene ring substituents is 1. The molecule has 0 bridgehead atoms. The van der Waals surface area contributed by atoms with E-state index in [4.69, 9.17) is 0 Å². The molecule has 1 amide bonds. The Labute approximate surface area is 112 Å². The molecule has 0 fully saturated rings. The molecule has 0 saturated carbocycles. The van der Waals surface area contributed by atoms with Crippen LogP contribution in [0.25, 0.3) is 0 Å². The van der Waals surface area contributed by atoms with Crippen LogP contribution in [0.5, 0.6) is 0 Å². The van der Waals surface area contributed by atoms with E-state index in [2.05, 4.69) is 5.32 Å². The van der Waals surface area contributed by atoms with E-state index in [1.807, 2.05) is 0 Å². The van der Waals surface area contributed by atoms with Gasteiger partial charge in [-0.1, -0.05) is 0 Å². The van der Waals surface area contributed by atoms with Gasteiger partial charge < -0.3 is 5.32 Å². The minimum absolute atomic E-state index is 0.125. The van der Waals surface area contributed by atoms with Crippen LogP contribution in [-0.2, 0) is 0 Å². The highest BCUT2D eigenvalue weighted by atomic mass is 19.1. The zero-order chi connectivity index (χ0) is 14.7. The average molecular weight is 278 g/mol. The normalized spacial score (nSPS) is 10.1. The third kappa shape index (κ3) is 3.14. The van der Waals surface area contributed by atoms with Crippen LogP contribution in [0.2, 0.25) is 0 Å². The molecule has 0 heterocycles. The highest BCUT2D eigenvalue weighted by molar-refractivity contribution is 6.04. The summed E-state index contributed by atoms with van der Waals surface area (Å²) in [6.45, 7) is 0. The topological polar surface area (TPSA) is 72.2 Å². The van der Waals surface area contributed by atoms with Crippen molar-refractivity contribution in [1.29, 1.82) is 0 Å². The van der Waals surface area contributed by atoms with E-state index in [9.17, 15) is 23.7 Å². The minimum atomic E-state index is -0.862. The van der Waals surface area contributed by atoms with Crippen molar-refractivity contribution in [2.24, 2.45) is 0 Å². The first kappa shape index (κ1) is 13.6. The zero-order valence-corrected chi connectivity index (χ0v) is 9.97. The van der Waals surface area contributed by atoms with Gasteiger partial charge in [-0.3, -0.25) is 14.9 Å². The van der Waals surface area contributed by atoms with Gasteiger partial charge in [-0.2, -0.15) is 0 Å². The van der Waals surface area contributed by atoms with Crippen LogP contribution >= 0.6 is 0 Å². The van der Waals surface area contributed by atoms with E-state index in [-0.39, 0.29) is 16.9 Å². The first-order valence-electron chi connectivity index (χ1n) is 5.47. The van der Waals surface area contributed by atoms with E-state index < -0.39 is 22.5 Å². The van der Waals surface area contributed by atoms with Gasteiger partial charge in [0.15, 0.2) is 0 Å². The van der Waals surface area contributed by atoms with Gasteiger partial charge in [-0.15, -0.1) is 0 Å². The second-order valence-electron chi connectivity index (χ2n) is 3.92. The fourth-order valence-corrected chi connectivity index (χ4v) is 1.55. The molecule has 0 unspecified atom stereocenters. The smallest absolute Gasteiger partial charge is 0.269 e.